The molecule has 0 bridgehead atoms. The molecule has 1 N–H and O–H groups in total. The fourth-order valence-corrected chi connectivity index (χ4v) is 4.30. The molecule has 8 heteroatoms. The first kappa shape index (κ1) is 21.0. The van der Waals surface area contributed by atoms with E-state index in [1.54, 1.807) is 17.0 Å². The molecule has 0 radical (unpaired) electrons. The number of hydrogen-bond donors (Lipinski definition) is 1. The maximum atomic E-state index is 12.7. The molecule has 28 heavy (non-hydrogen) atoms. The Morgan fingerprint density at radius 3 is 2.29 bits per heavy atom. The standard InChI is InChI=1S/C20H27IN4O3/c1-23-10-12-25(13-11-23)20(28)15-6-8-24(9-7-15)18(26)14-22-19(27)16-4-2-3-5-17(16)21/h2-5,15H,6-14H2,1H3,(H,22,27). The van der Waals surface area contributed by atoms with Crippen LogP contribution in [0.5, 0.6) is 0 Å². The van der Waals surface area contributed by atoms with E-state index in [-0.39, 0.29) is 30.2 Å². The van der Waals surface area contributed by atoms with Gasteiger partial charge in [0, 0.05) is 48.8 Å². The number of halogens is 1. The third-order valence-corrected chi connectivity index (χ3v) is 6.47. The molecule has 2 heterocycles. The molecule has 0 aliphatic carbocycles. The van der Waals surface area contributed by atoms with Crippen molar-refractivity contribution in [3.05, 3.63) is 33.4 Å². The lowest BCUT2D eigenvalue weighted by molar-refractivity contribution is -0.141. The van der Waals surface area contributed by atoms with E-state index in [2.05, 4.69) is 39.9 Å². The van der Waals surface area contributed by atoms with Gasteiger partial charge in [0.2, 0.25) is 11.8 Å². The molecule has 0 spiro atoms. The SMILES string of the molecule is CN1CCN(C(=O)C2CCN(C(=O)CNC(=O)c3ccccc3I)CC2)CC1. The summed E-state index contributed by atoms with van der Waals surface area (Å²) < 4.78 is 0.855. The number of nitrogens with zero attached hydrogens (tertiary/aromatic N) is 3. The predicted octanol–water partition coefficient (Wildman–Crippen LogP) is 1.03. The summed E-state index contributed by atoms with van der Waals surface area (Å²) in [5.74, 6) is -0.0941. The summed E-state index contributed by atoms with van der Waals surface area (Å²) in [6.07, 6.45) is 1.39. The van der Waals surface area contributed by atoms with Crippen LogP contribution in [0.4, 0.5) is 0 Å². The van der Waals surface area contributed by atoms with E-state index in [4.69, 9.17) is 0 Å². The van der Waals surface area contributed by atoms with Crippen LogP contribution in [0.3, 0.4) is 0 Å². The number of amides is 3. The molecule has 2 fully saturated rings. The van der Waals surface area contributed by atoms with Crippen molar-refractivity contribution in [2.45, 2.75) is 12.8 Å². The molecule has 0 saturated carbocycles. The van der Waals surface area contributed by atoms with Crippen molar-refractivity contribution < 1.29 is 14.4 Å². The van der Waals surface area contributed by atoms with Crippen LogP contribution in [-0.4, -0.2) is 85.3 Å². The van der Waals surface area contributed by atoms with Gasteiger partial charge in [0.25, 0.3) is 5.91 Å². The van der Waals surface area contributed by atoms with Gasteiger partial charge in [0.15, 0.2) is 0 Å². The Morgan fingerprint density at radius 1 is 1.00 bits per heavy atom. The number of carbonyl (C=O) groups excluding carboxylic acids is 3. The maximum Gasteiger partial charge on any atom is 0.252 e. The van der Waals surface area contributed by atoms with Crippen molar-refractivity contribution in [1.82, 2.24) is 20.0 Å². The highest BCUT2D eigenvalue weighted by Crippen LogP contribution is 2.20. The lowest BCUT2D eigenvalue weighted by Gasteiger charge is -2.37. The highest BCUT2D eigenvalue weighted by molar-refractivity contribution is 14.1. The van der Waals surface area contributed by atoms with E-state index in [1.807, 2.05) is 17.0 Å². The van der Waals surface area contributed by atoms with E-state index in [1.165, 1.54) is 0 Å². The van der Waals surface area contributed by atoms with E-state index < -0.39 is 0 Å². The Balaban J connectivity index is 1.43. The van der Waals surface area contributed by atoms with Crippen LogP contribution >= 0.6 is 22.6 Å². The fourth-order valence-electron chi connectivity index (χ4n) is 3.67. The van der Waals surface area contributed by atoms with E-state index >= 15 is 0 Å². The van der Waals surface area contributed by atoms with Crippen LogP contribution in [-0.2, 0) is 9.59 Å². The Kier molecular flexibility index (Phi) is 7.28. The average Bonchev–Trinajstić information content (AvgIpc) is 2.72. The largest absolute Gasteiger partial charge is 0.343 e. The molecular weight excluding hydrogens is 471 g/mol. The molecule has 1 aromatic carbocycles. The third-order valence-electron chi connectivity index (χ3n) is 5.53. The fraction of sp³-hybridized carbons (Fsp3) is 0.550. The molecular formula is C20H27IN4O3. The van der Waals surface area contributed by atoms with Gasteiger partial charge in [-0.05, 0) is 54.6 Å². The van der Waals surface area contributed by atoms with E-state index in [9.17, 15) is 14.4 Å². The van der Waals surface area contributed by atoms with Gasteiger partial charge in [0.1, 0.15) is 0 Å². The van der Waals surface area contributed by atoms with E-state index in [0.29, 0.717) is 31.5 Å². The number of likely N-dealkylation sites (tertiary alicyclic amines) is 1. The monoisotopic (exact) mass is 498 g/mol. The number of hydrogen-bond acceptors (Lipinski definition) is 4. The highest BCUT2D eigenvalue weighted by Gasteiger charge is 2.31. The number of carbonyl (C=O) groups is 3. The number of likely N-dealkylation sites (N-methyl/N-ethyl adjacent to an activating group) is 1. The summed E-state index contributed by atoms with van der Waals surface area (Å²) in [5.41, 5.74) is 0.576. The normalized spacial score (nSPS) is 18.8. The smallest absolute Gasteiger partial charge is 0.252 e. The van der Waals surface area contributed by atoms with Gasteiger partial charge in [-0.1, -0.05) is 12.1 Å². The zero-order valence-electron chi connectivity index (χ0n) is 16.2. The molecule has 0 unspecified atom stereocenters. The summed E-state index contributed by atoms with van der Waals surface area (Å²) in [5, 5.41) is 2.71. The summed E-state index contributed by atoms with van der Waals surface area (Å²) in [6, 6.07) is 7.29. The van der Waals surface area contributed by atoms with Crippen molar-refractivity contribution in [2.75, 3.05) is 52.9 Å². The minimum absolute atomic E-state index is 0.00736. The lowest BCUT2D eigenvalue weighted by Crippen LogP contribution is -2.51. The second kappa shape index (κ2) is 9.69. The molecule has 3 amide bonds. The molecule has 3 rings (SSSR count). The zero-order chi connectivity index (χ0) is 20.1. The first-order chi connectivity index (χ1) is 13.5. The number of rotatable bonds is 4. The van der Waals surface area contributed by atoms with E-state index in [0.717, 1.165) is 29.7 Å². The number of piperidine rings is 1. The number of nitrogens with one attached hydrogen (secondary N) is 1. The topological polar surface area (TPSA) is 73.0 Å². The van der Waals surface area contributed by atoms with Crippen LogP contribution in [0.15, 0.2) is 24.3 Å². The molecule has 0 atom stereocenters. The summed E-state index contributed by atoms with van der Waals surface area (Å²) in [7, 11) is 2.07. The van der Waals surface area contributed by atoms with Crippen LogP contribution in [0.25, 0.3) is 0 Å². The third kappa shape index (κ3) is 5.22. The summed E-state index contributed by atoms with van der Waals surface area (Å²) >= 11 is 2.11. The molecule has 7 nitrogen and oxygen atoms in total. The van der Waals surface area contributed by atoms with Gasteiger partial charge in [-0.25, -0.2) is 0 Å². The van der Waals surface area contributed by atoms with Gasteiger partial charge in [-0.2, -0.15) is 0 Å². The molecule has 0 aromatic heterocycles. The summed E-state index contributed by atoms with van der Waals surface area (Å²) in [4.78, 5) is 43.3. The van der Waals surface area contributed by atoms with Gasteiger partial charge < -0.3 is 20.0 Å². The Hall–Kier alpha value is -1.68. The first-order valence-electron chi connectivity index (χ1n) is 9.73. The van der Waals surface area contributed by atoms with Gasteiger partial charge in [-0.3, -0.25) is 14.4 Å². The average molecular weight is 498 g/mol. The second-order valence-electron chi connectivity index (χ2n) is 7.45. The highest BCUT2D eigenvalue weighted by atomic mass is 127. The Labute approximate surface area is 179 Å². The predicted molar refractivity (Wildman–Crippen MR) is 115 cm³/mol. The molecule has 1 aromatic rings. The van der Waals surface area contributed by atoms with Crippen molar-refractivity contribution in [3.63, 3.8) is 0 Å². The minimum atomic E-state index is -0.238. The lowest BCUT2D eigenvalue weighted by atomic mass is 9.95. The Morgan fingerprint density at radius 2 is 1.64 bits per heavy atom. The Bertz CT molecular complexity index is 726. The van der Waals surface area contributed by atoms with Crippen molar-refractivity contribution in [3.8, 4) is 0 Å². The maximum absolute atomic E-state index is 12.7. The van der Waals surface area contributed by atoms with Crippen LogP contribution in [0, 0.1) is 9.49 Å². The quantitative estimate of drug-likeness (QED) is 0.630. The molecule has 2 aliphatic rings. The zero-order valence-corrected chi connectivity index (χ0v) is 18.4. The number of benzene rings is 1. The van der Waals surface area contributed by atoms with Gasteiger partial charge >= 0.3 is 0 Å². The van der Waals surface area contributed by atoms with Crippen molar-refractivity contribution in [1.29, 1.82) is 0 Å². The van der Waals surface area contributed by atoms with Gasteiger partial charge in [-0.15, -0.1) is 0 Å². The second-order valence-corrected chi connectivity index (χ2v) is 8.61. The summed E-state index contributed by atoms with van der Waals surface area (Å²) in [6.45, 7) is 4.55. The molecule has 2 aliphatic heterocycles. The van der Waals surface area contributed by atoms with Gasteiger partial charge in [0.05, 0.1) is 12.1 Å². The minimum Gasteiger partial charge on any atom is -0.343 e. The van der Waals surface area contributed by atoms with Crippen molar-refractivity contribution >= 4 is 40.3 Å². The van der Waals surface area contributed by atoms with Crippen LogP contribution in [0.1, 0.15) is 23.2 Å². The number of piperazine rings is 1. The van der Waals surface area contributed by atoms with Crippen molar-refractivity contribution in [2.24, 2.45) is 5.92 Å². The van der Waals surface area contributed by atoms with Crippen LogP contribution < -0.4 is 5.32 Å². The molecule has 2 saturated heterocycles. The first-order valence-corrected chi connectivity index (χ1v) is 10.8. The molecule has 152 valence electrons. The van der Waals surface area contributed by atoms with Crippen LogP contribution in [0.2, 0.25) is 0 Å².